The molecule has 0 radical (unpaired) electrons. The average Bonchev–Trinajstić information content (AvgIpc) is 2.87. The highest BCUT2D eigenvalue weighted by Crippen LogP contribution is 2.37. The molecule has 140 valence electrons. The molecule has 0 bridgehead atoms. The summed E-state index contributed by atoms with van der Waals surface area (Å²) in [4.78, 5) is 25.8. The van der Waals surface area contributed by atoms with Crippen LogP contribution in [-0.2, 0) is 9.22 Å². The molecule has 0 saturated carbocycles. The van der Waals surface area contributed by atoms with E-state index in [9.17, 15) is 4.79 Å². The maximum absolute atomic E-state index is 12.8. The van der Waals surface area contributed by atoms with Gasteiger partial charge in [0.25, 0.3) is 0 Å². The zero-order valence-corrected chi connectivity index (χ0v) is 18.7. The van der Waals surface area contributed by atoms with Gasteiger partial charge in [-0.1, -0.05) is 20.8 Å². The van der Waals surface area contributed by atoms with E-state index in [1.54, 1.807) is 12.4 Å². The van der Waals surface area contributed by atoms with Crippen molar-refractivity contribution in [3.05, 3.63) is 0 Å². The van der Waals surface area contributed by atoms with Crippen LogP contribution in [0.1, 0.15) is 34.6 Å². The zero-order chi connectivity index (χ0) is 19.0. The summed E-state index contributed by atoms with van der Waals surface area (Å²) in [7, 11) is -1.86. The number of hydrogen-bond donors (Lipinski definition) is 1. The molecule has 2 aliphatic heterocycles. The monoisotopic (exact) mass is 428 g/mol. The van der Waals surface area contributed by atoms with Gasteiger partial charge in [-0.15, -0.1) is 0 Å². The van der Waals surface area contributed by atoms with E-state index < -0.39 is 19.8 Å². The van der Waals surface area contributed by atoms with E-state index in [0.29, 0.717) is 11.2 Å². The van der Waals surface area contributed by atoms with Gasteiger partial charge in [0.15, 0.2) is 14.5 Å². The van der Waals surface area contributed by atoms with Gasteiger partial charge in [0.1, 0.15) is 10.7 Å². The third-order valence-corrected chi connectivity index (χ3v) is 9.93. The minimum atomic E-state index is -1.86. The fourth-order valence-electron chi connectivity index (χ4n) is 2.38. The summed E-state index contributed by atoms with van der Waals surface area (Å²) in [6, 6.07) is -0.267. The van der Waals surface area contributed by atoms with Crippen molar-refractivity contribution in [3.63, 3.8) is 0 Å². The molecule has 1 N–H and O–H groups in total. The number of rotatable bonds is 5. The highest BCUT2D eigenvalue weighted by Gasteiger charge is 2.42. The molecule has 1 amide bonds. The van der Waals surface area contributed by atoms with Gasteiger partial charge in [-0.05, 0) is 47.9 Å². The maximum atomic E-state index is 12.8. The third-order valence-electron chi connectivity index (χ3n) is 5.04. The van der Waals surface area contributed by atoms with Crippen molar-refractivity contribution in [1.29, 1.82) is 0 Å². The second kappa shape index (κ2) is 7.04. The molecule has 0 aliphatic carbocycles. The molecular formula is C17H29BrN4O2Si. The van der Waals surface area contributed by atoms with Crippen molar-refractivity contribution in [2.45, 2.75) is 70.5 Å². The molecule has 3 atom stereocenters. The summed E-state index contributed by atoms with van der Waals surface area (Å²) < 4.78 is 6.93. The molecule has 2 heterocycles. The fraction of sp³-hybridized carbons (Fsp3) is 0.765. The van der Waals surface area contributed by atoms with Gasteiger partial charge in [-0.25, -0.2) is 0 Å². The number of amides is 1. The zero-order valence-electron chi connectivity index (χ0n) is 16.1. The lowest BCUT2D eigenvalue weighted by atomic mass is 9.98. The quantitative estimate of drug-likeness (QED) is 0.682. The third kappa shape index (κ3) is 4.86. The van der Waals surface area contributed by atoms with Crippen LogP contribution in [0.2, 0.25) is 18.1 Å². The predicted molar refractivity (Wildman–Crippen MR) is 110 cm³/mol. The van der Waals surface area contributed by atoms with E-state index >= 15 is 0 Å². The lowest BCUT2D eigenvalue weighted by Crippen LogP contribution is -2.54. The Hall–Kier alpha value is -0.863. The largest absolute Gasteiger partial charge is 0.414 e. The molecule has 6 nitrogen and oxygen atoms in total. The number of nitrogens with one attached hydrogen (secondary N) is 1. The first-order valence-electron chi connectivity index (χ1n) is 8.58. The van der Waals surface area contributed by atoms with Crippen molar-refractivity contribution in [3.8, 4) is 0 Å². The van der Waals surface area contributed by atoms with E-state index in [2.05, 4.69) is 70.1 Å². The fourth-order valence-corrected chi connectivity index (χ4v) is 3.89. The minimum Gasteiger partial charge on any atom is -0.414 e. The summed E-state index contributed by atoms with van der Waals surface area (Å²) in [6.07, 6.45) is 3.01. The van der Waals surface area contributed by atoms with E-state index in [1.807, 2.05) is 13.8 Å². The first-order chi connectivity index (χ1) is 11.3. The van der Waals surface area contributed by atoms with Gasteiger partial charge >= 0.3 is 0 Å². The number of nitrogens with zero attached hydrogens (tertiary/aromatic N) is 3. The van der Waals surface area contributed by atoms with Crippen molar-refractivity contribution in [2.24, 2.45) is 20.9 Å². The molecule has 0 aromatic rings. The Morgan fingerprint density at radius 2 is 1.92 bits per heavy atom. The Morgan fingerprint density at radius 1 is 1.28 bits per heavy atom. The molecule has 8 heteroatoms. The summed E-state index contributed by atoms with van der Waals surface area (Å²) in [5.74, 6) is -0.483. The highest BCUT2D eigenvalue weighted by molar-refractivity contribution is 9.19. The number of carbonyl (C=O) groups excluding carboxylic acids is 1. The van der Waals surface area contributed by atoms with Crippen LogP contribution in [0.25, 0.3) is 0 Å². The number of halogens is 1. The van der Waals surface area contributed by atoms with E-state index in [-0.39, 0.29) is 23.2 Å². The lowest BCUT2D eigenvalue weighted by Gasteiger charge is -2.39. The van der Waals surface area contributed by atoms with Crippen LogP contribution in [0.5, 0.6) is 0 Å². The molecule has 0 spiro atoms. The number of fused-ring (bicyclic) bond motifs is 1. The SMILES string of the molecule is CC(C)(CO[Si](C)(C)C(C)(C)C)NC(=O)C1C=NC2N=CC(Br)=NC21. The summed E-state index contributed by atoms with van der Waals surface area (Å²) in [6.45, 7) is 15.5. The first kappa shape index (κ1) is 20.4. The van der Waals surface area contributed by atoms with E-state index in [0.717, 1.165) is 0 Å². The molecule has 0 fully saturated rings. The molecule has 3 unspecified atom stereocenters. The molecular weight excluding hydrogens is 400 g/mol. The van der Waals surface area contributed by atoms with Gasteiger partial charge in [0, 0.05) is 6.21 Å². The van der Waals surface area contributed by atoms with Crippen LogP contribution in [0.15, 0.2) is 15.0 Å². The van der Waals surface area contributed by atoms with Gasteiger partial charge in [0.2, 0.25) is 5.91 Å². The summed E-state index contributed by atoms with van der Waals surface area (Å²) in [5, 5.41) is 3.24. The molecule has 0 aromatic heterocycles. The van der Waals surface area contributed by atoms with Crippen LogP contribution in [0, 0.1) is 5.92 Å². The molecule has 25 heavy (non-hydrogen) atoms. The van der Waals surface area contributed by atoms with Crippen molar-refractivity contribution < 1.29 is 9.22 Å². The van der Waals surface area contributed by atoms with Crippen molar-refractivity contribution in [2.75, 3.05) is 6.61 Å². The Kier molecular flexibility index (Phi) is 5.76. The van der Waals surface area contributed by atoms with E-state index in [4.69, 9.17) is 4.43 Å². The Labute approximate surface area is 159 Å². The van der Waals surface area contributed by atoms with Crippen LogP contribution in [0.4, 0.5) is 0 Å². The van der Waals surface area contributed by atoms with E-state index in [1.165, 1.54) is 0 Å². The Morgan fingerprint density at radius 3 is 2.52 bits per heavy atom. The number of aliphatic imine (C=N–C) groups is 3. The number of hydrogen-bond acceptors (Lipinski definition) is 5. The smallest absolute Gasteiger partial charge is 0.231 e. The first-order valence-corrected chi connectivity index (χ1v) is 12.3. The van der Waals surface area contributed by atoms with Gasteiger partial charge < -0.3 is 9.74 Å². The van der Waals surface area contributed by atoms with Crippen molar-refractivity contribution >= 4 is 47.2 Å². The lowest BCUT2D eigenvalue weighted by molar-refractivity contribution is -0.125. The second-order valence-corrected chi connectivity index (χ2v) is 14.5. The molecule has 0 saturated heterocycles. The highest BCUT2D eigenvalue weighted by atomic mass is 79.9. The summed E-state index contributed by atoms with van der Waals surface area (Å²) >= 11 is 3.33. The minimum absolute atomic E-state index is 0.0822. The van der Waals surface area contributed by atoms with Crippen LogP contribution < -0.4 is 5.32 Å². The van der Waals surface area contributed by atoms with Crippen molar-refractivity contribution in [1.82, 2.24) is 5.32 Å². The molecule has 0 aromatic carbocycles. The Balaban J connectivity index is 1.98. The Bertz CT molecular complexity index is 623. The normalized spacial score (nSPS) is 26.4. The second-order valence-electron chi connectivity index (χ2n) is 8.88. The molecule has 2 rings (SSSR count). The topological polar surface area (TPSA) is 75.4 Å². The van der Waals surface area contributed by atoms with Crippen LogP contribution in [-0.4, -0.2) is 55.6 Å². The standard InChI is InChI=1S/C17H29BrN4O2Si/c1-16(2,3)25(6,7)24-10-17(4,5)22-15(23)11-8-19-14-13(11)21-12(18)9-20-14/h8-9,11,13-14H,10H2,1-7H3,(H,22,23). The average molecular weight is 429 g/mol. The summed E-state index contributed by atoms with van der Waals surface area (Å²) in [5.41, 5.74) is -0.461. The predicted octanol–water partition coefficient (Wildman–Crippen LogP) is 3.18. The van der Waals surface area contributed by atoms with Crippen LogP contribution in [0.3, 0.4) is 0 Å². The van der Waals surface area contributed by atoms with Gasteiger partial charge in [-0.3, -0.25) is 19.8 Å². The van der Waals surface area contributed by atoms with Gasteiger partial charge in [0.05, 0.1) is 24.3 Å². The number of carbonyl (C=O) groups is 1. The van der Waals surface area contributed by atoms with Gasteiger partial charge in [-0.2, -0.15) is 0 Å². The maximum Gasteiger partial charge on any atom is 0.231 e. The van der Waals surface area contributed by atoms with Crippen LogP contribution >= 0.6 is 15.9 Å². The molecule has 2 aliphatic rings.